The summed E-state index contributed by atoms with van der Waals surface area (Å²) in [6.45, 7) is 10.1. The van der Waals surface area contributed by atoms with E-state index in [1.54, 1.807) is 0 Å². The SMILES string of the molecule is CC(=O)OC/C1=C2\C(=O)OC(C/C(C)=C\CC1)C2C(C)CCC=C(C)C. The third-order valence-corrected chi connectivity index (χ3v) is 5.29. The molecule has 0 aromatic heterocycles. The molecule has 1 fully saturated rings. The van der Waals surface area contributed by atoms with E-state index in [0.717, 1.165) is 43.3 Å². The second-order valence-electron chi connectivity index (χ2n) is 7.90. The van der Waals surface area contributed by atoms with Crippen LogP contribution in [0.3, 0.4) is 0 Å². The standard InChI is InChI=1S/C22H32O4/c1-14(2)8-6-10-16(4)20-19-12-15(3)9-7-11-18(13-25-17(5)23)21(20)22(24)26-19/h8-9,16,19-20H,6-7,10-13H2,1-5H3/b15-9-,21-18-. The van der Waals surface area contributed by atoms with E-state index in [4.69, 9.17) is 9.47 Å². The van der Waals surface area contributed by atoms with Crippen molar-refractivity contribution < 1.29 is 19.1 Å². The first-order valence-electron chi connectivity index (χ1n) is 9.64. The zero-order valence-corrected chi connectivity index (χ0v) is 16.8. The molecule has 0 N–H and O–H groups in total. The van der Waals surface area contributed by atoms with Crippen LogP contribution in [0.4, 0.5) is 0 Å². The average molecular weight is 360 g/mol. The van der Waals surface area contributed by atoms with Crippen molar-refractivity contribution in [1.29, 1.82) is 0 Å². The van der Waals surface area contributed by atoms with E-state index in [2.05, 4.69) is 39.8 Å². The van der Waals surface area contributed by atoms with Crippen LogP contribution in [-0.2, 0) is 19.1 Å². The van der Waals surface area contributed by atoms with E-state index in [-0.39, 0.29) is 30.6 Å². The van der Waals surface area contributed by atoms with Gasteiger partial charge in [-0.1, -0.05) is 30.2 Å². The third-order valence-electron chi connectivity index (χ3n) is 5.29. The summed E-state index contributed by atoms with van der Waals surface area (Å²) in [7, 11) is 0. The number of allylic oxidation sites excluding steroid dienone is 3. The molecule has 1 aliphatic heterocycles. The van der Waals surface area contributed by atoms with Gasteiger partial charge in [0.05, 0.1) is 0 Å². The van der Waals surface area contributed by atoms with Gasteiger partial charge in [0, 0.05) is 24.8 Å². The van der Waals surface area contributed by atoms with Gasteiger partial charge in [-0.25, -0.2) is 4.79 Å². The average Bonchev–Trinajstić information content (AvgIpc) is 2.88. The first kappa shape index (κ1) is 20.5. The molecule has 0 radical (unpaired) electrons. The minimum Gasteiger partial charge on any atom is -0.461 e. The number of hydrogen-bond donors (Lipinski definition) is 0. The molecule has 1 saturated heterocycles. The lowest BCUT2D eigenvalue weighted by molar-refractivity contribution is -0.141. The van der Waals surface area contributed by atoms with Crippen molar-refractivity contribution in [3.63, 3.8) is 0 Å². The molecular weight excluding hydrogens is 328 g/mol. The van der Waals surface area contributed by atoms with Crippen molar-refractivity contribution in [3.8, 4) is 0 Å². The molecule has 4 nitrogen and oxygen atoms in total. The maximum atomic E-state index is 12.7. The lowest BCUT2D eigenvalue weighted by Crippen LogP contribution is -2.25. The Morgan fingerprint density at radius 3 is 2.77 bits per heavy atom. The molecule has 0 spiro atoms. The minimum absolute atomic E-state index is 0.0695. The van der Waals surface area contributed by atoms with Crippen molar-refractivity contribution in [2.45, 2.75) is 72.8 Å². The van der Waals surface area contributed by atoms with Gasteiger partial charge in [0.1, 0.15) is 12.7 Å². The van der Waals surface area contributed by atoms with E-state index < -0.39 is 0 Å². The predicted molar refractivity (Wildman–Crippen MR) is 102 cm³/mol. The predicted octanol–water partition coefficient (Wildman–Crippen LogP) is 4.90. The summed E-state index contributed by atoms with van der Waals surface area (Å²) in [5, 5.41) is 0. The number of hydrogen-bond acceptors (Lipinski definition) is 4. The summed E-state index contributed by atoms with van der Waals surface area (Å²) in [5.41, 5.74) is 4.27. The second kappa shape index (κ2) is 9.20. The Morgan fingerprint density at radius 1 is 1.38 bits per heavy atom. The van der Waals surface area contributed by atoms with Crippen LogP contribution >= 0.6 is 0 Å². The number of esters is 2. The van der Waals surface area contributed by atoms with Gasteiger partial charge < -0.3 is 9.47 Å². The Morgan fingerprint density at radius 2 is 2.12 bits per heavy atom. The lowest BCUT2D eigenvalue weighted by Gasteiger charge is -2.25. The summed E-state index contributed by atoms with van der Waals surface area (Å²) in [6, 6.07) is 0. The topological polar surface area (TPSA) is 52.6 Å². The van der Waals surface area contributed by atoms with E-state index in [9.17, 15) is 9.59 Å². The van der Waals surface area contributed by atoms with Crippen molar-refractivity contribution in [2.75, 3.05) is 6.61 Å². The first-order valence-corrected chi connectivity index (χ1v) is 9.64. The maximum Gasteiger partial charge on any atom is 0.334 e. The third kappa shape index (κ3) is 5.33. The van der Waals surface area contributed by atoms with Crippen LogP contribution < -0.4 is 0 Å². The van der Waals surface area contributed by atoms with Crippen molar-refractivity contribution >= 4 is 11.9 Å². The van der Waals surface area contributed by atoms with Gasteiger partial charge in [-0.15, -0.1) is 0 Å². The summed E-state index contributed by atoms with van der Waals surface area (Å²) in [5.74, 6) is -0.137. The summed E-state index contributed by atoms with van der Waals surface area (Å²) < 4.78 is 11.0. The molecule has 144 valence electrons. The fourth-order valence-electron chi connectivity index (χ4n) is 3.98. The molecule has 1 heterocycles. The molecule has 26 heavy (non-hydrogen) atoms. The quantitative estimate of drug-likeness (QED) is 0.499. The number of carbonyl (C=O) groups excluding carboxylic acids is 2. The van der Waals surface area contributed by atoms with Crippen molar-refractivity contribution in [3.05, 3.63) is 34.4 Å². The Hall–Kier alpha value is -1.84. The Balaban J connectivity index is 2.33. The van der Waals surface area contributed by atoms with Crippen LogP contribution in [0.5, 0.6) is 0 Å². The van der Waals surface area contributed by atoms with Gasteiger partial charge in [0.15, 0.2) is 0 Å². The van der Waals surface area contributed by atoms with Crippen molar-refractivity contribution in [1.82, 2.24) is 0 Å². The van der Waals surface area contributed by atoms with Crippen LogP contribution in [-0.4, -0.2) is 24.6 Å². The van der Waals surface area contributed by atoms with Gasteiger partial charge in [0.2, 0.25) is 0 Å². The van der Waals surface area contributed by atoms with Gasteiger partial charge >= 0.3 is 11.9 Å². The summed E-state index contributed by atoms with van der Waals surface area (Å²) in [4.78, 5) is 24.0. The molecule has 0 aromatic carbocycles. The number of rotatable bonds is 6. The number of carbonyl (C=O) groups is 2. The van der Waals surface area contributed by atoms with Crippen LogP contribution in [0.25, 0.3) is 0 Å². The van der Waals surface area contributed by atoms with Gasteiger partial charge in [-0.3, -0.25) is 4.79 Å². The smallest absolute Gasteiger partial charge is 0.334 e. The number of ether oxygens (including phenoxy) is 2. The molecule has 1 aliphatic carbocycles. The van der Waals surface area contributed by atoms with E-state index in [1.165, 1.54) is 18.1 Å². The van der Waals surface area contributed by atoms with E-state index >= 15 is 0 Å². The fourth-order valence-corrected chi connectivity index (χ4v) is 3.98. The molecule has 2 rings (SSSR count). The Labute approximate surface area is 157 Å². The molecular formula is C22H32O4. The Kier molecular flexibility index (Phi) is 7.24. The summed E-state index contributed by atoms with van der Waals surface area (Å²) in [6.07, 6.45) is 8.75. The van der Waals surface area contributed by atoms with Gasteiger partial charge in [0.25, 0.3) is 0 Å². The lowest BCUT2D eigenvalue weighted by atomic mass is 9.78. The second-order valence-corrected chi connectivity index (χ2v) is 7.90. The molecule has 4 heteroatoms. The van der Waals surface area contributed by atoms with E-state index in [1.807, 2.05) is 0 Å². The van der Waals surface area contributed by atoms with Gasteiger partial charge in [-0.05, 0) is 57.9 Å². The minimum atomic E-state index is -0.319. The highest BCUT2D eigenvalue weighted by Crippen LogP contribution is 2.42. The number of fused-ring (bicyclic) bond motifs is 2. The van der Waals surface area contributed by atoms with Crippen LogP contribution in [0.15, 0.2) is 34.4 Å². The molecule has 0 aromatic rings. The molecule has 2 aliphatic rings. The Bertz CT molecular complexity index is 635. The molecule has 0 saturated carbocycles. The fraction of sp³-hybridized carbons (Fsp3) is 0.636. The highest BCUT2D eigenvalue weighted by atomic mass is 16.6. The largest absolute Gasteiger partial charge is 0.461 e. The highest BCUT2D eigenvalue weighted by molar-refractivity contribution is 5.92. The highest BCUT2D eigenvalue weighted by Gasteiger charge is 2.44. The molecule has 3 atom stereocenters. The van der Waals surface area contributed by atoms with E-state index in [0.29, 0.717) is 5.92 Å². The van der Waals surface area contributed by atoms with Crippen LogP contribution in [0.2, 0.25) is 0 Å². The molecule has 2 bridgehead atoms. The molecule has 0 amide bonds. The van der Waals surface area contributed by atoms with Crippen LogP contribution in [0.1, 0.15) is 66.7 Å². The van der Waals surface area contributed by atoms with Crippen molar-refractivity contribution in [2.24, 2.45) is 11.8 Å². The monoisotopic (exact) mass is 360 g/mol. The normalized spacial score (nSPS) is 28.8. The first-order chi connectivity index (χ1) is 12.3. The van der Waals surface area contributed by atoms with Crippen LogP contribution in [0, 0.1) is 11.8 Å². The zero-order chi connectivity index (χ0) is 19.3. The molecule has 3 unspecified atom stereocenters. The maximum absolute atomic E-state index is 12.7. The zero-order valence-electron chi connectivity index (χ0n) is 16.8. The summed E-state index contributed by atoms with van der Waals surface area (Å²) >= 11 is 0. The van der Waals surface area contributed by atoms with Gasteiger partial charge in [-0.2, -0.15) is 0 Å².